The van der Waals surface area contributed by atoms with Gasteiger partial charge in [0.05, 0.1) is 22.9 Å². The number of nitrogens with two attached hydrogens (primary N) is 1. The van der Waals surface area contributed by atoms with E-state index in [1.807, 2.05) is 0 Å². The molecule has 0 saturated carbocycles. The summed E-state index contributed by atoms with van der Waals surface area (Å²) in [4.78, 5) is 4.10. The fraction of sp³-hybridized carbons (Fsp3) is 0.222. The van der Waals surface area contributed by atoms with E-state index < -0.39 is 5.82 Å². The molecular formula is C9H9BrClFN4. The quantitative estimate of drug-likeness (QED) is 0.697. The summed E-state index contributed by atoms with van der Waals surface area (Å²) in [5.74, 6) is -0.0582. The molecule has 0 saturated heterocycles. The number of nitrogens with one attached hydrogen (secondary N) is 2. The molecule has 1 aromatic rings. The zero-order valence-corrected chi connectivity index (χ0v) is 10.5. The highest BCUT2D eigenvalue weighted by atomic mass is 79.9. The normalized spacial score (nSPS) is 14.6. The van der Waals surface area contributed by atoms with Gasteiger partial charge in [-0.1, -0.05) is 11.6 Å². The van der Waals surface area contributed by atoms with Crippen molar-refractivity contribution in [2.24, 2.45) is 4.99 Å². The van der Waals surface area contributed by atoms with Crippen molar-refractivity contribution in [1.29, 1.82) is 0 Å². The molecule has 0 aliphatic carbocycles. The van der Waals surface area contributed by atoms with E-state index in [0.717, 1.165) is 6.54 Å². The first-order chi connectivity index (χ1) is 7.59. The lowest BCUT2D eigenvalue weighted by Crippen LogP contribution is -2.27. The second-order valence-electron chi connectivity index (χ2n) is 3.22. The zero-order valence-electron chi connectivity index (χ0n) is 8.15. The van der Waals surface area contributed by atoms with E-state index in [4.69, 9.17) is 17.3 Å². The number of nitrogens with zero attached hydrogens (tertiary/aromatic N) is 1. The van der Waals surface area contributed by atoms with Crippen LogP contribution in [-0.2, 0) is 0 Å². The lowest BCUT2D eigenvalue weighted by atomic mass is 10.2. The molecule has 1 aliphatic heterocycles. The zero-order chi connectivity index (χ0) is 11.7. The molecule has 0 unspecified atom stereocenters. The number of halogens is 3. The van der Waals surface area contributed by atoms with E-state index in [1.54, 1.807) is 0 Å². The van der Waals surface area contributed by atoms with Gasteiger partial charge in [0.1, 0.15) is 0 Å². The maximum Gasteiger partial charge on any atom is 0.196 e. The Balaban J connectivity index is 2.36. The molecule has 0 bridgehead atoms. The highest BCUT2D eigenvalue weighted by Crippen LogP contribution is 2.34. The fourth-order valence-corrected chi connectivity index (χ4v) is 2.15. The highest BCUT2D eigenvalue weighted by Gasteiger charge is 2.16. The minimum Gasteiger partial charge on any atom is -0.395 e. The summed E-state index contributed by atoms with van der Waals surface area (Å²) in [7, 11) is 0. The van der Waals surface area contributed by atoms with Gasteiger partial charge in [0, 0.05) is 11.0 Å². The number of hydrogen-bond donors (Lipinski definition) is 3. The number of guanidine groups is 1. The molecule has 1 heterocycles. The number of benzene rings is 1. The van der Waals surface area contributed by atoms with E-state index in [1.165, 1.54) is 6.07 Å². The summed E-state index contributed by atoms with van der Waals surface area (Å²) in [5.41, 5.74) is 5.65. The van der Waals surface area contributed by atoms with Crippen LogP contribution in [-0.4, -0.2) is 19.0 Å². The largest absolute Gasteiger partial charge is 0.395 e. The van der Waals surface area contributed by atoms with Gasteiger partial charge in [-0.3, -0.25) is 4.99 Å². The monoisotopic (exact) mass is 306 g/mol. The summed E-state index contributed by atoms with van der Waals surface area (Å²) >= 11 is 8.95. The van der Waals surface area contributed by atoms with Gasteiger partial charge >= 0.3 is 0 Å². The van der Waals surface area contributed by atoms with Crippen molar-refractivity contribution >= 4 is 44.9 Å². The summed E-state index contributed by atoms with van der Waals surface area (Å²) < 4.78 is 14.3. The minimum absolute atomic E-state index is 0.0778. The smallest absolute Gasteiger partial charge is 0.196 e. The minimum atomic E-state index is -0.587. The lowest BCUT2D eigenvalue weighted by Gasteiger charge is -2.12. The molecule has 0 atom stereocenters. The van der Waals surface area contributed by atoms with Crippen molar-refractivity contribution < 1.29 is 4.39 Å². The summed E-state index contributed by atoms with van der Waals surface area (Å²) in [5, 5.41) is 5.97. The topological polar surface area (TPSA) is 62.4 Å². The van der Waals surface area contributed by atoms with Crippen molar-refractivity contribution in [2.45, 2.75) is 0 Å². The van der Waals surface area contributed by atoms with E-state index in [-0.39, 0.29) is 16.4 Å². The van der Waals surface area contributed by atoms with Crippen LogP contribution in [0, 0.1) is 5.82 Å². The first kappa shape index (κ1) is 11.5. The SMILES string of the molecule is Nc1c(Cl)cc(Br)c(NC2=NCCN2)c1F. The predicted octanol–water partition coefficient (Wildman–Crippen LogP) is 2.19. The van der Waals surface area contributed by atoms with Crippen LogP contribution in [0.1, 0.15) is 0 Å². The van der Waals surface area contributed by atoms with Gasteiger partial charge in [-0.15, -0.1) is 0 Å². The van der Waals surface area contributed by atoms with Crippen LogP contribution >= 0.6 is 27.5 Å². The molecular weight excluding hydrogens is 298 g/mol. The molecule has 4 nitrogen and oxygen atoms in total. The van der Waals surface area contributed by atoms with Gasteiger partial charge in [-0.05, 0) is 22.0 Å². The number of nitrogen functional groups attached to an aromatic ring is 1. The third kappa shape index (κ3) is 2.08. The number of rotatable bonds is 1. The number of anilines is 2. The molecule has 0 amide bonds. The van der Waals surface area contributed by atoms with Gasteiger partial charge in [0.15, 0.2) is 11.8 Å². The van der Waals surface area contributed by atoms with E-state index >= 15 is 0 Å². The molecule has 7 heteroatoms. The van der Waals surface area contributed by atoms with Gasteiger partial charge in [-0.25, -0.2) is 4.39 Å². The predicted molar refractivity (Wildman–Crippen MR) is 67.4 cm³/mol. The first-order valence-electron chi connectivity index (χ1n) is 4.58. The Bertz CT molecular complexity index is 463. The van der Waals surface area contributed by atoms with Crippen LogP contribution in [0.3, 0.4) is 0 Å². The molecule has 0 fully saturated rings. The van der Waals surface area contributed by atoms with Crippen LogP contribution < -0.4 is 16.4 Å². The second kappa shape index (κ2) is 4.47. The Hall–Kier alpha value is -1.01. The van der Waals surface area contributed by atoms with E-state index in [2.05, 4.69) is 31.6 Å². The molecule has 4 N–H and O–H groups in total. The molecule has 86 valence electrons. The molecule has 1 aromatic carbocycles. The standard InChI is InChI=1S/C9H9BrClFN4/c10-4-3-5(11)7(13)6(12)8(4)16-9-14-1-2-15-9/h3H,1-2,13H2,(H2,14,15,16). The maximum atomic E-state index is 13.8. The van der Waals surface area contributed by atoms with Gasteiger partial charge in [0.25, 0.3) is 0 Å². The third-order valence-corrected chi connectivity index (χ3v) is 3.06. The van der Waals surface area contributed by atoms with E-state index in [9.17, 15) is 4.39 Å². The van der Waals surface area contributed by atoms with Crippen molar-refractivity contribution in [1.82, 2.24) is 5.32 Å². The Morgan fingerprint density at radius 1 is 1.62 bits per heavy atom. The van der Waals surface area contributed by atoms with Crippen molar-refractivity contribution in [2.75, 3.05) is 24.1 Å². The van der Waals surface area contributed by atoms with Crippen molar-refractivity contribution in [3.05, 3.63) is 21.4 Å². The van der Waals surface area contributed by atoms with Crippen LogP contribution in [0.4, 0.5) is 15.8 Å². The second-order valence-corrected chi connectivity index (χ2v) is 4.49. The van der Waals surface area contributed by atoms with Crippen LogP contribution in [0.5, 0.6) is 0 Å². The number of hydrogen-bond acceptors (Lipinski definition) is 4. The Morgan fingerprint density at radius 2 is 2.38 bits per heavy atom. The third-order valence-electron chi connectivity index (χ3n) is 2.12. The fourth-order valence-electron chi connectivity index (χ4n) is 1.32. The average molecular weight is 308 g/mol. The summed E-state index contributed by atoms with van der Waals surface area (Å²) in [6.45, 7) is 1.41. The van der Waals surface area contributed by atoms with Crippen LogP contribution in [0.25, 0.3) is 0 Å². The molecule has 1 aliphatic rings. The summed E-state index contributed by atoms with van der Waals surface area (Å²) in [6, 6.07) is 1.54. The number of aliphatic imine (C=N–C) groups is 1. The molecule has 2 rings (SSSR count). The van der Waals surface area contributed by atoms with E-state index in [0.29, 0.717) is 17.0 Å². The van der Waals surface area contributed by atoms with Gasteiger partial charge in [0.2, 0.25) is 0 Å². The van der Waals surface area contributed by atoms with Crippen molar-refractivity contribution in [3.63, 3.8) is 0 Å². The van der Waals surface area contributed by atoms with Crippen LogP contribution in [0.2, 0.25) is 5.02 Å². The first-order valence-corrected chi connectivity index (χ1v) is 5.75. The molecule has 0 spiro atoms. The molecule has 16 heavy (non-hydrogen) atoms. The summed E-state index contributed by atoms with van der Waals surface area (Å²) in [6.07, 6.45) is 0. The van der Waals surface area contributed by atoms with Crippen LogP contribution in [0.15, 0.2) is 15.5 Å². The average Bonchev–Trinajstić information content (AvgIpc) is 2.74. The van der Waals surface area contributed by atoms with Crippen molar-refractivity contribution in [3.8, 4) is 0 Å². The highest BCUT2D eigenvalue weighted by molar-refractivity contribution is 9.10. The van der Waals surface area contributed by atoms with Gasteiger partial charge < -0.3 is 16.4 Å². The Morgan fingerprint density at radius 3 is 3.00 bits per heavy atom. The van der Waals surface area contributed by atoms with Gasteiger partial charge in [-0.2, -0.15) is 0 Å². The maximum absolute atomic E-state index is 13.8. The lowest BCUT2D eigenvalue weighted by molar-refractivity contribution is 0.636. The molecule has 0 aromatic heterocycles. The Labute approximate surface area is 105 Å². The Kier molecular flexibility index (Phi) is 3.20. The molecule has 0 radical (unpaired) electrons.